The van der Waals surface area contributed by atoms with E-state index in [0.717, 1.165) is 16.6 Å². The van der Waals surface area contributed by atoms with Crippen molar-refractivity contribution in [3.05, 3.63) is 23.8 Å². The molecule has 0 radical (unpaired) electrons. The molecule has 0 aliphatic carbocycles. The van der Waals surface area contributed by atoms with Crippen molar-refractivity contribution in [1.29, 1.82) is 0 Å². The number of nitrogens with zero attached hydrogens (tertiary/aromatic N) is 3. The lowest BCUT2D eigenvalue weighted by Gasteiger charge is -2.27. The second-order valence-corrected chi connectivity index (χ2v) is 5.31. The highest BCUT2D eigenvalue weighted by Gasteiger charge is 2.17. The van der Waals surface area contributed by atoms with Gasteiger partial charge in [0.05, 0.1) is 24.2 Å². The average molecular weight is 288 g/mol. The van der Waals surface area contributed by atoms with E-state index < -0.39 is 0 Å². The number of nitrogen functional groups attached to an aromatic ring is 1. The highest BCUT2D eigenvalue weighted by Crippen LogP contribution is 2.21. The minimum atomic E-state index is 0.146. The number of ether oxygens (including phenoxy) is 1. The lowest BCUT2D eigenvalue weighted by molar-refractivity contribution is -0.135. The molecule has 1 fully saturated rings. The summed E-state index contributed by atoms with van der Waals surface area (Å²) in [5.74, 6) is 0.612. The van der Waals surface area contributed by atoms with Gasteiger partial charge in [0.2, 0.25) is 11.9 Å². The number of imidazole rings is 1. The van der Waals surface area contributed by atoms with Crippen LogP contribution in [0, 0.1) is 6.92 Å². The molecule has 21 heavy (non-hydrogen) atoms. The van der Waals surface area contributed by atoms with Gasteiger partial charge in [0, 0.05) is 26.1 Å². The molecule has 3 rings (SSSR count). The van der Waals surface area contributed by atoms with Crippen molar-refractivity contribution in [3.63, 3.8) is 0 Å². The molecule has 0 spiro atoms. The summed E-state index contributed by atoms with van der Waals surface area (Å²) in [6.45, 7) is 5.18. The van der Waals surface area contributed by atoms with Crippen molar-refractivity contribution >= 4 is 22.9 Å². The van der Waals surface area contributed by atoms with Crippen LogP contribution in [0.3, 0.4) is 0 Å². The van der Waals surface area contributed by atoms with Crippen LogP contribution in [-0.2, 0) is 16.1 Å². The van der Waals surface area contributed by atoms with Gasteiger partial charge in [-0.05, 0) is 18.6 Å². The van der Waals surface area contributed by atoms with E-state index in [1.54, 1.807) is 0 Å². The Bertz CT molecular complexity index is 659. The Morgan fingerprint density at radius 1 is 1.38 bits per heavy atom. The maximum absolute atomic E-state index is 12.2. The average Bonchev–Trinajstić information content (AvgIpc) is 2.83. The third-order valence-electron chi connectivity index (χ3n) is 3.92. The molecule has 0 bridgehead atoms. The topological polar surface area (TPSA) is 73.4 Å². The van der Waals surface area contributed by atoms with E-state index in [2.05, 4.69) is 4.98 Å². The van der Waals surface area contributed by atoms with Gasteiger partial charge in [-0.1, -0.05) is 12.1 Å². The Kier molecular flexibility index (Phi) is 3.79. The first-order valence-electron chi connectivity index (χ1n) is 7.23. The van der Waals surface area contributed by atoms with E-state index in [1.807, 2.05) is 34.6 Å². The second-order valence-electron chi connectivity index (χ2n) is 5.31. The molecule has 2 heterocycles. The Hall–Kier alpha value is -2.08. The van der Waals surface area contributed by atoms with Gasteiger partial charge in [-0.3, -0.25) is 4.79 Å². The van der Waals surface area contributed by atoms with Gasteiger partial charge in [-0.2, -0.15) is 0 Å². The molecule has 1 saturated heterocycles. The molecule has 0 saturated carbocycles. The van der Waals surface area contributed by atoms with Crippen LogP contribution < -0.4 is 5.73 Å². The predicted molar refractivity (Wildman–Crippen MR) is 80.9 cm³/mol. The Balaban J connectivity index is 1.74. The predicted octanol–water partition coefficient (Wildman–Crippen LogP) is 1.18. The number of aryl methyl sites for hydroxylation is 2. The van der Waals surface area contributed by atoms with E-state index in [0.29, 0.717) is 45.2 Å². The number of amides is 1. The van der Waals surface area contributed by atoms with Crippen LogP contribution in [0.4, 0.5) is 5.95 Å². The summed E-state index contributed by atoms with van der Waals surface area (Å²) >= 11 is 0. The smallest absolute Gasteiger partial charge is 0.224 e. The minimum Gasteiger partial charge on any atom is -0.378 e. The monoisotopic (exact) mass is 288 g/mol. The fraction of sp³-hybridized carbons (Fsp3) is 0.467. The fourth-order valence-electron chi connectivity index (χ4n) is 2.72. The van der Waals surface area contributed by atoms with Crippen molar-refractivity contribution in [2.24, 2.45) is 0 Å². The SMILES string of the molecule is Cc1cccc2c1nc(N)n2CCC(=O)N1CCOCC1. The summed E-state index contributed by atoms with van der Waals surface area (Å²) in [6, 6.07) is 5.99. The number of morpholine rings is 1. The van der Waals surface area contributed by atoms with Crippen LogP contribution in [0.15, 0.2) is 18.2 Å². The number of benzene rings is 1. The molecule has 1 aromatic carbocycles. The number of carbonyl (C=O) groups is 1. The largest absolute Gasteiger partial charge is 0.378 e. The van der Waals surface area contributed by atoms with Crippen LogP contribution in [0.25, 0.3) is 11.0 Å². The van der Waals surface area contributed by atoms with Crippen LogP contribution in [-0.4, -0.2) is 46.7 Å². The summed E-state index contributed by atoms with van der Waals surface area (Å²) in [4.78, 5) is 18.5. The molecule has 6 nitrogen and oxygen atoms in total. The van der Waals surface area contributed by atoms with Crippen molar-refractivity contribution < 1.29 is 9.53 Å². The van der Waals surface area contributed by atoms with E-state index in [4.69, 9.17) is 10.5 Å². The number of hydrogen-bond acceptors (Lipinski definition) is 4. The number of carbonyl (C=O) groups excluding carboxylic acids is 1. The van der Waals surface area contributed by atoms with Gasteiger partial charge in [-0.15, -0.1) is 0 Å². The summed E-state index contributed by atoms with van der Waals surface area (Å²) < 4.78 is 7.18. The third-order valence-corrected chi connectivity index (χ3v) is 3.92. The zero-order chi connectivity index (χ0) is 14.8. The number of rotatable bonds is 3. The highest BCUT2D eigenvalue weighted by molar-refractivity contribution is 5.82. The summed E-state index contributed by atoms with van der Waals surface area (Å²) in [5, 5.41) is 0. The Morgan fingerprint density at radius 2 is 2.14 bits per heavy atom. The quantitative estimate of drug-likeness (QED) is 0.920. The number of aromatic nitrogens is 2. The zero-order valence-electron chi connectivity index (χ0n) is 12.2. The molecule has 112 valence electrons. The van der Waals surface area contributed by atoms with E-state index in [1.165, 1.54) is 0 Å². The first-order valence-corrected chi connectivity index (χ1v) is 7.23. The number of nitrogens with two attached hydrogens (primary N) is 1. The molecular weight excluding hydrogens is 268 g/mol. The van der Waals surface area contributed by atoms with E-state index >= 15 is 0 Å². The molecule has 2 N–H and O–H groups in total. The Labute approximate surface area is 123 Å². The van der Waals surface area contributed by atoms with Crippen molar-refractivity contribution in [2.45, 2.75) is 19.9 Å². The summed E-state index contributed by atoms with van der Waals surface area (Å²) in [6.07, 6.45) is 0.434. The molecule has 0 atom stereocenters. The summed E-state index contributed by atoms with van der Waals surface area (Å²) in [7, 11) is 0. The number of anilines is 1. The van der Waals surface area contributed by atoms with Gasteiger partial charge < -0.3 is 19.9 Å². The lowest BCUT2D eigenvalue weighted by Crippen LogP contribution is -2.41. The molecular formula is C15H20N4O2. The van der Waals surface area contributed by atoms with Gasteiger partial charge in [0.25, 0.3) is 0 Å². The number of hydrogen-bond donors (Lipinski definition) is 1. The van der Waals surface area contributed by atoms with Crippen molar-refractivity contribution in [1.82, 2.24) is 14.5 Å². The molecule has 1 aliphatic heterocycles. The molecule has 6 heteroatoms. The lowest BCUT2D eigenvalue weighted by atomic mass is 10.2. The van der Waals surface area contributed by atoms with Crippen LogP contribution >= 0.6 is 0 Å². The first kappa shape index (κ1) is 13.9. The molecule has 1 aliphatic rings. The van der Waals surface area contributed by atoms with Crippen molar-refractivity contribution in [3.8, 4) is 0 Å². The first-order chi connectivity index (χ1) is 10.2. The third kappa shape index (κ3) is 2.71. The van der Waals surface area contributed by atoms with Gasteiger partial charge in [-0.25, -0.2) is 4.98 Å². The van der Waals surface area contributed by atoms with Gasteiger partial charge in [0.1, 0.15) is 0 Å². The Morgan fingerprint density at radius 3 is 2.90 bits per heavy atom. The maximum Gasteiger partial charge on any atom is 0.224 e. The number of fused-ring (bicyclic) bond motifs is 1. The maximum atomic E-state index is 12.2. The second kappa shape index (κ2) is 5.73. The highest BCUT2D eigenvalue weighted by atomic mass is 16.5. The summed E-state index contributed by atoms with van der Waals surface area (Å²) in [5.41, 5.74) is 8.99. The van der Waals surface area contributed by atoms with E-state index in [9.17, 15) is 4.79 Å². The van der Waals surface area contributed by atoms with Crippen molar-refractivity contribution in [2.75, 3.05) is 32.0 Å². The molecule has 1 aromatic heterocycles. The normalized spacial score (nSPS) is 15.6. The number of para-hydroxylation sites is 1. The fourth-order valence-corrected chi connectivity index (χ4v) is 2.72. The van der Waals surface area contributed by atoms with Gasteiger partial charge in [0.15, 0.2) is 0 Å². The van der Waals surface area contributed by atoms with Crippen LogP contribution in [0.1, 0.15) is 12.0 Å². The molecule has 1 amide bonds. The minimum absolute atomic E-state index is 0.146. The standard InChI is InChI=1S/C15H20N4O2/c1-11-3-2-4-12-14(11)17-15(16)19(12)6-5-13(20)18-7-9-21-10-8-18/h2-4H,5-10H2,1H3,(H2,16,17). The molecule has 2 aromatic rings. The zero-order valence-corrected chi connectivity index (χ0v) is 12.2. The van der Waals surface area contributed by atoms with Gasteiger partial charge >= 0.3 is 0 Å². The molecule has 0 unspecified atom stereocenters. The van der Waals surface area contributed by atoms with E-state index in [-0.39, 0.29) is 5.91 Å². The van der Waals surface area contributed by atoms with Crippen LogP contribution in [0.2, 0.25) is 0 Å². The van der Waals surface area contributed by atoms with Crippen LogP contribution in [0.5, 0.6) is 0 Å².